The Labute approximate surface area is 134 Å². The SMILES string of the molecule is c1ccc(N=NN(N=Nc2ccccc2)c2ccccc2)cc1. The first kappa shape index (κ1) is 14.6. The van der Waals surface area contributed by atoms with Crippen LogP contribution in [0, 0.1) is 0 Å². The summed E-state index contributed by atoms with van der Waals surface area (Å²) in [6.07, 6.45) is 0. The highest BCUT2D eigenvalue weighted by atomic mass is 15.7. The van der Waals surface area contributed by atoms with Crippen molar-refractivity contribution in [1.82, 2.24) is 0 Å². The minimum Gasteiger partial charge on any atom is -0.131 e. The molecule has 3 aromatic carbocycles. The number of hydrogen-bond donors (Lipinski definition) is 0. The van der Waals surface area contributed by atoms with Crippen molar-refractivity contribution in [3.8, 4) is 0 Å². The molecule has 112 valence electrons. The van der Waals surface area contributed by atoms with Crippen LogP contribution in [0.3, 0.4) is 0 Å². The van der Waals surface area contributed by atoms with E-state index in [1.165, 1.54) is 5.12 Å². The van der Waals surface area contributed by atoms with Crippen LogP contribution < -0.4 is 5.12 Å². The maximum absolute atomic E-state index is 4.19. The van der Waals surface area contributed by atoms with E-state index < -0.39 is 0 Å². The van der Waals surface area contributed by atoms with Crippen molar-refractivity contribution < 1.29 is 0 Å². The smallest absolute Gasteiger partial charge is 0.0891 e. The average Bonchev–Trinajstić information content (AvgIpc) is 2.64. The zero-order valence-electron chi connectivity index (χ0n) is 12.4. The molecule has 0 saturated heterocycles. The standard InChI is InChI=1S/C18H15N5/c1-4-10-16(11-5-1)19-21-23(18-14-8-3-9-15-18)22-20-17-12-6-2-7-13-17/h1-15H. The lowest BCUT2D eigenvalue weighted by molar-refractivity contribution is 0.807. The number of para-hydroxylation sites is 1. The Hall–Kier alpha value is -3.34. The van der Waals surface area contributed by atoms with Gasteiger partial charge in [0.05, 0.1) is 17.1 Å². The summed E-state index contributed by atoms with van der Waals surface area (Å²) in [6.45, 7) is 0. The normalized spacial score (nSPS) is 11.1. The van der Waals surface area contributed by atoms with Gasteiger partial charge >= 0.3 is 0 Å². The van der Waals surface area contributed by atoms with Gasteiger partial charge < -0.3 is 0 Å². The van der Waals surface area contributed by atoms with Gasteiger partial charge in [0.1, 0.15) is 0 Å². The van der Waals surface area contributed by atoms with Crippen molar-refractivity contribution in [2.24, 2.45) is 20.7 Å². The third-order valence-corrected chi connectivity index (χ3v) is 2.99. The summed E-state index contributed by atoms with van der Waals surface area (Å²) in [7, 11) is 0. The third-order valence-electron chi connectivity index (χ3n) is 2.99. The lowest BCUT2D eigenvalue weighted by Crippen LogP contribution is -2.05. The summed E-state index contributed by atoms with van der Waals surface area (Å²) in [5, 5.41) is 18.1. The van der Waals surface area contributed by atoms with Gasteiger partial charge in [0.2, 0.25) is 0 Å². The van der Waals surface area contributed by atoms with Crippen molar-refractivity contribution >= 4 is 17.1 Å². The van der Waals surface area contributed by atoms with Gasteiger partial charge in [0.25, 0.3) is 0 Å². The van der Waals surface area contributed by atoms with Gasteiger partial charge in [-0.2, -0.15) is 0 Å². The molecule has 0 spiro atoms. The summed E-state index contributed by atoms with van der Waals surface area (Å²) in [6, 6.07) is 28.6. The van der Waals surface area contributed by atoms with Crippen molar-refractivity contribution in [3.63, 3.8) is 0 Å². The van der Waals surface area contributed by atoms with Gasteiger partial charge in [-0.3, -0.25) is 0 Å². The number of hydrogen-bond acceptors (Lipinski definition) is 4. The fraction of sp³-hybridized carbons (Fsp3) is 0. The van der Waals surface area contributed by atoms with Crippen LogP contribution in [0.5, 0.6) is 0 Å². The summed E-state index contributed by atoms with van der Waals surface area (Å²) in [5.41, 5.74) is 2.29. The number of benzene rings is 3. The van der Waals surface area contributed by atoms with E-state index in [1.807, 2.05) is 91.0 Å². The predicted molar refractivity (Wildman–Crippen MR) is 90.8 cm³/mol. The first-order valence-corrected chi connectivity index (χ1v) is 7.20. The van der Waals surface area contributed by atoms with Crippen LogP contribution >= 0.6 is 0 Å². The van der Waals surface area contributed by atoms with Gasteiger partial charge in [0, 0.05) is 0 Å². The van der Waals surface area contributed by atoms with Crippen LogP contribution in [-0.2, 0) is 0 Å². The Morgan fingerprint density at radius 3 is 1.30 bits per heavy atom. The molecular formula is C18H15N5. The molecule has 0 fully saturated rings. The molecule has 0 aliphatic heterocycles. The largest absolute Gasteiger partial charge is 0.131 e. The first-order chi connectivity index (χ1) is 11.4. The molecular weight excluding hydrogens is 286 g/mol. The van der Waals surface area contributed by atoms with Crippen LogP contribution in [0.15, 0.2) is 112 Å². The molecule has 0 unspecified atom stereocenters. The van der Waals surface area contributed by atoms with Crippen LogP contribution in [-0.4, -0.2) is 0 Å². The lowest BCUT2D eigenvalue weighted by Gasteiger charge is -2.09. The van der Waals surface area contributed by atoms with E-state index in [-0.39, 0.29) is 0 Å². The topological polar surface area (TPSA) is 52.7 Å². The van der Waals surface area contributed by atoms with E-state index in [4.69, 9.17) is 0 Å². The number of nitrogens with zero attached hydrogens (tertiary/aromatic N) is 5. The van der Waals surface area contributed by atoms with Crippen molar-refractivity contribution in [3.05, 3.63) is 91.0 Å². The maximum atomic E-state index is 4.19. The Bertz CT molecular complexity index is 721. The molecule has 0 atom stereocenters. The fourth-order valence-electron chi connectivity index (χ4n) is 1.86. The Morgan fingerprint density at radius 2 is 0.870 bits per heavy atom. The van der Waals surface area contributed by atoms with Crippen LogP contribution in [0.4, 0.5) is 17.1 Å². The Morgan fingerprint density at radius 1 is 0.478 bits per heavy atom. The third kappa shape index (κ3) is 4.31. The van der Waals surface area contributed by atoms with Gasteiger partial charge in [-0.05, 0) is 46.8 Å². The second kappa shape index (κ2) is 7.61. The van der Waals surface area contributed by atoms with Crippen LogP contribution in [0.1, 0.15) is 0 Å². The molecule has 0 saturated carbocycles. The van der Waals surface area contributed by atoms with E-state index >= 15 is 0 Å². The summed E-state index contributed by atoms with van der Waals surface area (Å²) in [4.78, 5) is 0. The van der Waals surface area contributed by atoms with Gasteiger partial charge in [-0.1, -0.05) is 54.6 Å². The quantitative estimate of drug-likeness (QED) is 0.428. The van der Waals surface area contributed by atoms with Crippen molar-refractivity contribution in [2.75, 3.05) is 5.12 Å². The van der Waals surface area contributed by atoms with Crippen molar-refractivity contribution in [1.29, 1.82) is 0 Å². The van der Waals surface area contributed by atoms with Crippen LogP contribution in [0.25, 0.3) is 0 Å². The lowest BCUT2D eigenvalue weighted by atomic mass is 10.3. The van der Waals surface area contributed by atoms with E-state index in [2.05, 4.69) is 20.7 Å². The molecule has 0 aliphatic carbocycles. The zero-order valence-corrected chi connectivity index (χ0v) is 12.4. The minimum absolute atomic E-state index is 0.753. The second-order valence-corrected chi connectivity index (χ2v) is 4.67. The predicted octanol–water partition coefficient (Wildman–Crippen LogP) is 5.89. The molecule has 0 aromatic heterocycles. The molecule has 5 nitrogen and oxygen atoms in total. The van der Waals surface area contributed by atoms with Gasteiger partial charge in [0.15, 0.2) is 0 Å². The zero-order chi connectivity index (χ0) is 15.7. The van der Waals surface area contributed by atoms with E-state index in [0.717, 1.165) is 17.1 Å². The molecule has 0 bridgehead atoms. The summed E-state index contributed by atoms with van der Waals surface area (Å²) >= 11 is 0. The molecule has 23 heavy (non-hydrogen) atoms. The monoisotopic (exact) mass is 301 g/mol. The molecule has 0 N–H and O–H groups in total. The Balaban J connectivity index is 1.85. The molecule has 0 amide bonds. The first-order valence-electron chi connectivity index (χ1n) is 7.20. The van der Waals surface area contributed by atoms with Crippen molar-refractivity contribution in [2.45, 2.75) is 0 Å². The number of anilines is 1. The van der Waals surface area contributed by atoms with E-state index in [0.29, 0.717) is 0 Å². The minimum atomic E-state index is 0.753. The summed E-state index contributed by atoms with van der Waals surface area (Å²) < 4.78 is 0. The second-order valence-electron chi connectivity index (χ2n) is 4.67. The summed E-state index contributed by atoms with van der Waals surface area (Å²) in [5.74, 6) is 0. The molecule has 3 rings (SSSR count). The van der Waals surface area contributed by atoms with E-state index in [1.54, 1.807) is 0 Å². The van der Waals surface area contributed by atoms with E-state index in [9.17, 15) is 0 Å². The molecule has 0 heterocycles. The molecule has 0 aliphatic rings. The maximum Gasteiger partial charge on any atom is 0.0891 e. The fourth-order valence-corrected chi connectivity index (χ4v) is 1.86. The number of rotatable bonds is 5. The van der Waals surface area contributed by atoms with Gasteiger partial charge in [-0.25, -0.2) is 0 Å². The molecule has 0 radical (unpaired) electrons. The highest BCUT2D eigenvalue weighted by molar-refractivity contribution is 5.44. The molecule has 3 aromatic rings. The Kier molecular flexibility index (Phi) is 4.83. The highest BCUT2D eigenvalue weighted by Crippen LogP contribution is 2.19. The molecule has 5 heteroatoms. The average molecular weight is 301 g/mol. The van der Waals surface area contributed by atoms with Crippen LogP contribution in [0.2, 0.25) is 0 Å². The van der Waals surface area contributed by atoms with Gasteiger partial charge in [-0.15, -0.1) is 15.3 Å². The highest BCUT2D eigenvalue weighted by Gasteiger charge is 2.03.